The molecule has 27 heavy (non-hydrogen) atoms. The Hall–Kier alpha value is -2.51. The average molecular weight is 372 g/mol. The first-order valence-electron chi connectivity index (χ1n) is 8.96. The summed E-state index contributed by atoms with van der Waals surface area (Å²) in [6.45, 7) is 0.834. The summed E-state index contributed by atoms with van der Waals surface area (Å²) in [4.78, 5) is 18.4. The lowest BCUT2D eigenvalue weighted by molar-refractivity contribution is -0.138. The van der Waals surface area contributed by atoms with Crippen LogP contribution in [0.5, 0.6) is 0 Å². The van der Waals surface area contributed by atoms with Gasteiger partial charge in [-0.2, -0.15) is 0 Å². The predicted octanol–water partition coefficient (Wildman–Crippen LogP) is 2.61. The monoisotopic (exact) mass is 372 g/mol. The van der Waals surface area contributed by atoms with Crippen LogP contribution < -0.4 is 0 Å². The van der Waals surface area contributed by atoms with Crippen LogP contribution in [0.2, 0.25) is 0 Å². The van der Waals surface area contributed by atoms with E-state index in [9.17, 15) is 14.3 Å². The summed E-state index contributed by atoms with van der Waals surface area (Å²) in [6, 6.07) is 11.6. The Morgan fingerprint density at radius 2 is 1.93 bits per heavy atom. The molecule has 1 aromatic heterocycles. The van der Waals surface area contributed by atoms with E-state index in [0.29, 0.717) is 18.9 Å². The fourth-order valence-electron chi connectivity index (χ4n) is 3.93. The van der Waals surface area contributed by atoms with E-state index in [1.54, 1.807) is 4.90 Å². The Bertz CT molecular complexity index is 785. The van der Waals surface area contributed by atoms with Gasteiger partial charge in [0.2, 0.25) is 0 Å². The second-order valence-electron chi connectivity index (χ2n) is 7.09. The van der Waals surface area contributed by atoms with Gasteiger partial charge in [-0.1, -0.05) is 30.3 Å². The number of aromatic nitrogens is 1. The molecular formula is C20H21FN2O4. The molecular weight excluding hydrogens is 351 g/mol. The van der Waals surface area contributed by atoms with Crippen molar-refractivity contribution in [3.63, 3.8) is 0 Å². The van der Waals surface area contributed by atoms with Gasteiger partial charge in [-0.15, -0.1) is 0 Å². The van der Waals surface area contributed by atoms with Gasteiger partial charge in [0.15, 0.2) is 0 Å². The lowest BCUT2D eigenvalue weighted by Gasteiger charge is -2.50. The Kier molecular flexibility index (Phi) is 4.80. The molecule has 4 rings (SSSR count). The standard InChI is InChI=1S/C20H21FN2O4/c21-15-6-7-18(22-10-15)20(25)8-16-12-26-13-17(9-20)23(16)19(24)27-11-14-4-2-1-3-5-14/h1-7,10,16-17,25H,8-9,11-13H2. The molecule has 1 N–H and O–H groups in total. The van der Waals surface area contributed by atoms with Gasteiger partial charge in [-0.25, -0.2) is 9.18 Å². The summed E-state index contributed by atoms with van der Waals surface area (Å²) < 4.78 is 24.2. The molecule has 7 heteroatoms. The number of rotatable bonds is 3. The molecule has 2 atom stereocenters. The van der Waals surface area contributed by atoms with E-state index >= 15 is 0 Å². The maximum absolute atomic E-state index is 13.2. The summed E-state index contributed by atoms with van der Waals surface area (Å²) in [5, 5.41) is 11.1. The maximum Gasteiger partial charge on any atom is 0.410 e. The molecule has 2 aromatic rings. The van der Waals surface area contributed by atoms with Crippen molar-refractivity contribution in [1.82, 2.24) is 9.88 Å². The normalized spacial score (nSPS) is 27.3. The molecule has 2 saturated heterocycles. The van der Waals surface area contributed by atoms with E-state index in [1.165, 1.54) is 12.1 Å². The zero-order chi connectivity index (χ0) is 18.9. The summed E-state index contributed by atoms with van der Waals surface area (Å²) in [7, 11) is 0. The number of carbonyl (C=O) groups excluding carboxylic acids is 1. The molecule has 2 bridgehead atoms. The van der Waals surface area contributed by atoms with E-state index in [1.807, 2.05) is 30.3 Å². The number of carbonyl (C=O) groups is 1. The second kappa shape index (κ2) is 7.25. The first kappa shape index (κ1) is 17.9. The van der Waals surface area contributed by atoms with Crippen molar-refractivity contribution in [2.24, 2.45) is 0 Å². The van der Waals surface area contributed by atoms with Crippen LogP contribution in [0.15, 0.2) is 48.7 Å². The summed E-state index contributed by atoms with van der Waals surface area (Å²) >= 11 is 0. The quantitative estimate of drug-likeness (QED) is 0.897. The number of nitrogens with zero attached hydrogens (tertiary/aromatic N) is 2. The number of ether oxygens (including phenoxy) is 2. The molecule has 2 aliphatic heterocycles. The zero-order valence-corrected chi connectivity index (χ0v) is 14.8. The Labute approximate surface area is 156 Å². The molecule has 2 fully saturated rings. The van der Waals surface area contributed by atoms with E-state index in [0.717, 1.165) is 11.8 Å². The third-order valence-electron chi connectivity index (χ3n) is 5.17. The number of hydrogen-bond acceptors (Lipinski definition) is 5. The number of piperidine rings is 1. The SMILES string of the molecule is O=C(OCc1ccccc1)N1C2COCC1CC(O)(c1ccc(F)cn1)C2. The number of morpholine rings is 1. The predicted molar refractivity (Wildman–Crippen MR) is 94.2 cm³/mol. The van der Waals surface area contributed by atoms with Crippen LogP contribution in [-0.2, 0) is 21.7 Å². The molecule has 0 spiro atoms. The van der Waals surface area contributed by atoms with Gasteiger partial charge in [0.05, 0.1) is 37.2 Å². The van der Waals surface area contributed by atoms with E-state index in [4.69, 9.17) is 9.47 Å². The summed E-state index contributed by atoms with van der Waals surface area (Å²) in [5.41, 5.74) is 0.109. The topological polar surface area (TPSA) is 71.9 Å². The first-order chi connectivity index (χ1) is 13.0. The highest BCUT2D eigenvalue weighted by Crippen LogP contribution is 2.40. The van der Waals surface area contributed by atoms with Crippen molar-refractivity contribution >= 4 is 6.09 Å². The van der Waals surface area contributed by atoms with Gasteiger partial charge in [0.25, 0.3) is 0 Å². The fourth-order valence-corrected chi connectivity index (χ4v) is 3.93. The van der Waals surface area contributed by atoms with Crippen molar-refractivity contribution in [2.45, 2.75) is 37.1 Å². The van der Waals surface area contributed by atoms with Gasteiger partial charge in [0, 0.05) is 12.8 Å². The molecule has 2 unspecified atom stereocenters. The van der Waals surface area contributed by atoms with Crippen LogP contribution in [0.3, 0.4) is 0 Å². The van der Waals surface area contributed by atoms with Gasteiger partial charge >= 0.3 is 6.09 Å². The third-order valence-corrected chi connectivity index (χ3v) is 5.17. The average Bonchev–Trinajstić information content (AvgIpc) is 2.67. The third kappa shape index (κ3) is 3.65. The molecule has 1 aromatic carbocycles. The highest BCUT2D eigenvalue weighted by atomic mass is 19.1. The molecule has 0 aliphatic carbocycles. The van der Waals surface area contributed by atoms with Gasteiger partial charge in [-0.05, 0) is 17.7 Å². The van der Waals surface area contributed by atoms with Crippen LogP contribution in [0.1, 0.15) is 24.1 Å². The number of aliphatic hydroxyl groups is 1. The minimum Gasteiger partial charge on any atom is -0.445 e. The van der Waals surface area contributed by atoms with Crippen LogP contribution in [-0.4, -0.2) is 46.4 Å². The zero-order valence-electron chi connectivity index (χ0n) is 14.8. The molecule has 3 heterocycles. The van der Waals surface area contributed by atoms with Crippen LogP contribution in [0.4, 0.5) is 9.18 Å². The fraction of sp³-hybridized carbons (Fsp3) is 0.400. The molecule has 1 amide bonds. The minimum absolute atomic E-state index is 0.195. The molecule has 142 valence electrons. The lowest BCUT2D eigenvalue weighted by Crippen LogP contribution is -2.62. The number of hydrogen-bond donors (Lipinski definition) is 1. The molecule has 2 aliphatic rings. The molecule has 0 saturated carbocycles. The lowest BCUT2D eigenvalue weighted by atomic mass is 9.79. The Morgan fingerprint density at radius 3 is 2.56 bits per heavy atom. The number of pyridine rings is 1. The second-order valence-corrected chi connectivity index (χ2v) is 7.09. The van der Waals surface area contributed by atoms with Gasteiger partial charge in [-0.3, -0.25) is 9.88 Å². The van der Waals surface area contributed by atoms with Crippen LogP contribution in [0.25, 0.3) is 0 Å². The van der Waals surface area contributed by atoms with Crippen molar-refractivity contribution in [3.05, 3.63) is 65.7 Å². The number of benzene rings is 1. The van der Waals surface area contributed by atoms with Crippen LogP contribution >= 0.6 is 0 Å². The smallest absolute Gasteiger partial charge is 0.410 e. The largest absolute Gasteiger partial charge is 0.445 e. The minimum atomic E-state index is -1.22. The molecule has 0 radical (unpaired) electrons. The van der Waals surface area contributed by atoms with Crippen molar-refractivity contribution < 1.29 is 23.8 Å². The number of fused-ring (bicyclic) bond motifs is 2. The van der Waals surface area contributed by atoms with Crippen molar-refractivity contribution in [2.75, 3.05) is 13.2 Å². The highest BCUT2D eigenvalue weighted by Gasteiger charge is 2.50. The van der Waals surface area contributed by atoms with Gasteiger partial charge in [0.1, 0.15) is 18.0 Å². The van der Waals surface area contributed by atoms with Crippen molar-refractivity contribution in [3.8, 4) is 0 Å². The maximum atomic E-state index is 13.2. The summed E-state index contributed by atoms with van der Waals surface area (Å²) in [6.07, 6.45) is 1.22. The van der Waals surface area contributed by atoms with E-state index in [2.05, 4.69) is 4.98 Å². The highest BCUT2D eigenvalue weighted by molar-refractivity contribution is 5.69. The first-order valence-corrected chi connectivity index (χ1v) is 8.96. The number of amides is 1. The van der Waals surface area contributed by atoms with E-state index < -0.39 is 17.5 Å². The van der Waals surface area contributed by atoms with Crippen LogP contribution in [0, 0.1) is 5.82 Å². The van der Waals surface area contributed by atoms with Gasteiger partial charge < -0.3 is 14.6 Å². The Morgan fingerprint density at radius 1 is 1.22 bits per heavy atom. The van der Waals surface area contributed by atoms with E-state index in [-0.39, 0.29) is 31.5 Å². The van der Waals surface area contributed by atoms with Crippen molar-refractivity contribution in [1.29, 1.82) is 0 Å². The summed E-state index contributed by atoms with van der Waals surface area (Å²) in [5.74, 6) is -0.451. The Balaban J connectivity index is 1.48. The molecule has 6 nitrogen and oxygen atoms in total. The number of halogens is 1.